The number of carboxylic acid groups (broad SMARTS) is 1. The zero-order chi connectivity index (χ0) is 15.6. The molecule has 1 aliphatic heterocycles. The predicted molar refractivity (Wildman–Crippen MR) is 70.5 cm³/mol. The molecule has 1 aromatic carbocycles. The van der Waals surface area contributed by atoms with Gasteiger partial charge >= 0.3 is 12.0 Å². The van der Waals surface area contributed by atoms with Crippen molar-refractivity contribution < 1.29 is 23.5 Å². The van der Waals surface area contributed by atoms with Gasteiger partial charge in [-0.3, -0.25) is 0 Å². The van der Waals surface area contributed by atoms with Crippen molar-refractivity contribution in [1.82, 2.24) is 10.2 Å². The van der Waals surface area contributed by atoms with E-state index in [1.54, 1.807) is 6.92 Å². The van der Waals surface area contributed by atoms with Crippen LogP contribution in [0.25, 0.3) is 0 Å². The average molecular weight is 298 g/mol. The zero-order valence-corrected chi connectivity index (χ0v) is 11.5. The van der Waals surface area contributed by atoms with Crippen LogP contribution in [0.15, 0.2) is 18.2 Å². The Kier molecular flexibility index (Phi) is 4.40. The Labute approximate surface area is 120 Å². The number of benzene rings is 1. The lowest BCUT2D eigenvalue weighted by Crippen LogP contribution is -2.47. The molecule has 0 aromatic heterocycles. The van der Waals surface area contributed by atoms with Crippen LogP contribution >= 0.6 is 0 Å². The van der Waals surface area contributed by atoms with Crippen molar-refractivity contribution in [3.05, 3.63) is 35.4 Å². The van der Waals surface area contributed by atoms with Crippen molar-refractivity contribution in [2.45, 2.75) is 25.9 Å². The van der Waals surface area contributed by atoms with Crippen LogP contribution in [0.3, 0.4) is 0 Å². The lowest BCUT2D eigenvalue weighted by Gasteiger charge is -2.23. The molecule has 1 aliphatic rings. The number of likely N-dealkylation sites (tertiary alicyclic amines) is 1. The average Bonchev–Trinajstić information content (AvgIpc) is 2.79. The summed E-state index contributed by atoms with van der Waals surface area (Å²) in [5.74, 6) is -2.62. The minimum absolute atomic E-state index is 0.123. The Morgan fingerprint density at radius 1 is 1.43 bits per heavy atom. The van der Waals surface area contributed by atoms with Crippen molar-refractivity contribution in [3.63, 3.8) is 0 Å². The summed E-state index contributed by atoms with van der Waals surface area (Å²) < 4.78 is 26.2. The Morgan fingerprint density at radius 3 is 2.76 bits per heavy atom. The summed E-state index contributed by atoms with van der Waals surface area (Å²) in [6.45, 7) is 1.99. The van der Waals surface area contributed by atoms with E-state index in [-0.39, 0.29) is 18.0 Å². The zero-order valence-electron chi connectivity index (χ0n) is 11.5. The first kappa shape index (κ1) is 15.2. The number of nitrogens with one attached hydrogen (secondary N) is 1. The second-order valence-electron chi connectivity index (χ2n) is 5.14. The van der Waals surface area contributed by atoms with Crippen molar-refractivity contribution >= 4 is 12.0 Å². The first-order valence-corrected chi connectivity index (χ1v) is 6.61. The van der Waals surface area contributed by atoms with Gasteiger partial charge in [0.2, 0.25) is 0 Å². The molecule has 1 aromatic rings. The van der Waals surface area contributed by atoms with Gasteiger partial charge in [0, 0.05) is 24.7 Å². The second-order valence-corrected chi connectivity index (χ2v) is 5.14. The van der Waals surface area contributed by atoms with Gasteiger partial charge in [0.25, 0.3) is 0 Å². The SMILES string of the molecule is CC1CCN(C(=O)NCc2ccc(F)cc2F)C1C(=O)O. The fraction of sp³-hybridized carbons (Fsp3) is 0.429. The van der Waals surface area contributed by atoms with Crippen molar-refractivity contribution in [2.75, 3.05) is 6.54 Å². The molecular weight excluding hydrogens is 282 g/mol. The number of urea groups is 1. The van der Waals surface area contributed by atoms with Crippen LogP contribution in [-0.4, -0.2) is 34.6 Å². The van der Waals surface area contributed by atoms with Crippen LogP contribution in [-0.2, 0) is 11.3 Å². The number of carbonyl (C=O) groups is 2. The Bertz CT molecular complexity index is 565. The van der Waals surface area contributed by atoms with E-state index in [1.165, 1.54) is 11.0 Å². The van der Waals surface area contributed by atoms with Gasteiger partial charge in [-0.05, 0) is 18.4 Å². The first-order valence-electron chi connectivity index (χ1n) is 6.61. The smallest absolute Gasteiger partial charge is 0.326 e. The van der Waals surface area contributed by atoms with E-state index in [0.29, 0.717) is 13.0 Å². The van der Waals surface area contributed by atoms with Gasteiger partial charge in [0.05, 0.1) is 0 Å². The van der Waals surface area contributed by atoms with Crippen molar-refractivity contribution in [2.24, 2.45) is 5.92 Å². The predicted octanol–water partition coefficient (Wildman–Crippen LogP) is 1.97. The van der Waals surface area contributed by atoms with Gasteiger partial charge in [-0.2, -0.15) is 0 Å². The molecule has 0 bridgehead atoms. The van der Waals surface area contributed by atoms with Gasteiger partial charge in [-0.25, -0.2) is 18.4 Å². The third kappa shape index (κ3) is 3.29. The number of carboxylic acids is 1. The number of rotatable bonds is 3. The first-order chi connectivity index (χ1) is 9.90. The Balaban J connectivity index is 2.00. The van der Waals surface area contributed by atoms with Crippen molar-refractivity contribution in [1.29, 1.82) is 0 Å². The van der Waals surface area contributed by atoms with Crippen LogP contribution < -0.4 is 5.32 Å². The lowest BCUT2D eigenvalue weighted by molar-refractivity contribution is -0.142. The number of hydrogen-bond donors (Lipinski definition) is 2. The molecule has 7 heteroatoms. The number of aliphatic carboxylic acids is 1. The molecule has 2 unspecified atom stereocenters. The maximum Gasteiger partial charge on any atom is 0.326 e. The molecule has 0 radical (unpaired) electrons. The molecule has 2 rings (SSSR count). The summed E-state index contributed by atoms with van der Waals surface area (Å²) in [4.78, 5) is 24.4. The van der Waals surface area contributed by atoms with Crippen LogP contribution in [0, 0.1) is 17.6 Å². The number of carbonyl (C=O) groups excluding carboxylic acids is 1. The van der Waals surface area contributed by atoms with E-state index in [1.807, 2.05) is 0 Å². The van der Waals surface area contributed by atoms with Crippen LogP contribution in [0.2, 0.25) is 0 Å². The summed E-state index contributed by atoms with van der Waals surface area (Å²) in [7, 11) is 0. The molecule has 0 spiro atoms. The topological polar surface area (TPSA) is 69.6 Å². The summed E-state index contributed by atoms with van der Waals surface area (Å²) >= 11 is 0. The highest BCUT2D eigenvalue weighted by Crippen LogP contribution is 2.24. The molecule has 114 valence electrons. The fourth-order valence-corrected chi connectivity index (χ4v) is 2.49. The summed E-state index contributed by atoms with van der Waals surface area (Å²) in [6, 6.07) is 1.65. The van der Waals surface area contributed by atoms with Crippen LogP contribution in [0.5, 0.6) is 0 Å². The van der Waals surface area contributed by atoms with E-state index >= 15 is 0 Å². The maximum absolute atomic E-state index is 13.4. The van der Waals surface area contributed by atoms with Gasteiger partial charge in [0.1, 0.15) is 17.7 Å². The van der Waals surface area contributed by atoms with Crippen LogP contribution in [0.1, 0.15) is 18.9 Å². The minimum atomic E-state index is -1.05. The molecule has 0 saturated carbocycles. The van der Waals surface area contributed by atoms with Gasteiger partial charge < -0.3 is 15.3 Å². The Hall–Kier alpha value is -2.18. The monoisotopic (exact) mass is 298 g/mol. The third-order valence-electron chi connectivity index (χ3n) is 3.66. The molecule has 0 aliphatic carbocycles. The van der Waals surface area contributed by atoms with Crippen molar-refractivity contribution in [3.8, 4) is 0 Å². The molecule has 1 fully saturated rings. The molecule has 2 atom stereocenters. The van der Waals surface area contributed by atoms with Gasteiger partial charge in [-0.1, -0.05) is 13.0 Å². The minimum Gasteiger partial charge on any atom is -0.480 e. The summed E-state index contributed by atoms with van der Waals surface area (Å²) in [5, 5.41) is 11.6. The third-order valence-corrected chi connectivity index (χ3v) is 3.66. The van der Waals surface area contributed by atoms with E-state index < -0.39 is 29.7 Å². The molecular formula is C14H16F2N2O3. The number of amides is 2. The fourth-order valence-electron chi connectivity index (χ4n) is 2.49. The Morgan fingerprint density at radius 2 is 2.14 bits per heavy atom. The number of nitrogens with zero attached hydrogens (tertiary/aromatic N) is 1. The van der Waals surface area contributed by atoms with E-state index in [2.05, 4.69) is 5.32 Å². The number of halogens is 2. The normalized spacial score (nSPS) is 21.4. The lowest BCUT2D eigenvalue weighted by atomic mass is 10.0. The standard InChI is InChI=1S/C14H16F2N2O3/c1-8-4-5-18(12(8)13(19)20)14(21)17-7-9-2-3-10(15)6-11(9)16/h2-3,6,8,12H,4-5,7H2,1H3,(H,17,21)(H,19,20). The van der Waals surface area contributed by atoms with E-state index in [0.717, 1.165) is 12.1 Å². The largest absolute Gasteiger partial charge is 0.480 e. The summed E-state index contributed by atoms with van der Waals surface area (Å²) in [6.07, 6.45) is 0.606. The van der Waals surface area contributed by atoms with E-state index in [4.69, 9.17) is 5.11 Å². The molecule has 21 heavy (non-hydrogen) atoms. The summed E-state index contributed by atoms with van der Waals surface area (Å²) in [5.41, 5.74) is 0.142. The second kappa shape index (κ2) is 6.07. The van der Waals surface area contributed by atoms with E-state index in [9.17, 15) is 18.4 Å². The molecule has 2 amide bonds. The number of hydrogen-bond acceptors (Lipinski definition) is 2. The van der Waals surface area contributed by atoms with Gasteiger partial charge in [0.15, 0.2) is 0 Å². The van der Waals surface area contributed by atoms with Gasteiger partial charge in [-0.15, -0.1) is 0 Å². The molecule has 5 nitrogen and oxygen atoms in total. The highest BCUT2D eigenvalue weighted by Gasteiger charge is 2.39. The quantitative estimate of drug-likeness (QED) is 0.896. The molecule has 1 saturated heterocycles. The van der Waals surface area contributed by atoms with Crippen LogP contribution in [0.4, 0.5) is 13.6 Å². The molecule has 1 heterocycles. The highest BCUT2D eigenvalue weighted by atomic mass is 19.1. The maximum atomic E-state index is 13.4. The molecule has 2 N–H and O–H groups in total. The highest BCUT2D eigenvalue weighted by molar-refractivity contribution is 5.83.